The third-order valence-corrected chi connectivity index (χ3v) is 3.62. The first-order chi connectivity index (χ1) is 9.19. The van der Waals surface area contributed by atoms with Crippen LogP contribution in [-0.4, -0.2) is 17.4 Å². The van der Waals surface area contributed by atoms with Gasteiger partial charge in [0.2, 0.25) is 0 Å². The summed E-state index contributed by atoms with van der Waals surface area (Å²) in [6.45, 7) is 3.21. The summed E-state index contributed by atoms with van der Waals surface area (Å²) in [5.41, 5.74) is 0.404. The van der Waals surface area contributed by atoms with Gasteiger partial charge in [-0.25, -0.2) is 4.98 Å². The van der Waals surface area contributed by atoms with Crippen LogP contribution in [0, 0.1) is 0 Å². The molecular weight excluding hydrogens is 282 g/mol. The number of nitrogens with zero attached hydrogens (tertiary/aromatic N) is 1. The first kappa shape index (κ1) is 13.8. The molecule has 0 bridgehead atoms. The number of carbonyl (C=O) groups is 1. The van der Waals surface area contributed by atoms with E-state index < -0.39 is 0 Å². The Hall–Kier alpha value is -1.59. The molecule has 4 nitrogen and oxygen atoms in total. The molecule has 2 rings (SSSR count). The van der Waals surface area contributed by atoms with E-state index in [2.05, 4.69) is 15.6 Å². The topological polar surface area (TPSA) is 54.0 Å². The van der Waals surface area contributed by atoms with Crippen LogP contribution in [-0.2, 0) is 6.54 Å². The van der Waals surface area contributed by atoms with Crippen LogP contribution in [0.4, 0.5) is 5.82 Å². The van der Waals surface area contributed by atoms with E-state index in [-0.39, 0.29) is 5.91 Å². The third kappa shape index (κ3) is 3.94. The van der Waals surface area contributed by atoms with E-state index in [1.807, 2.05) is 31.2 Å². The van der Waals surface area contributed by atoms with E-state index in [4.69, 9.17) is 11.6 Å². The zero-order valence-corrected chi connectivity index (χ0v) is 12.0. The number of amides is 1. The molecule has 100 valence electrons. The van der Waals surface area contributed by atoms with Crippen LogP contribution in [0.2, 0.25) is 4.34 Å². The van der Waals surface area contributed by atoms with Crippen LogP contribution in [0.1, 0.15) is 22.3 Å². The summed E-state index contributed by atoms with van der Waals surface area (Å²) in [6, 6.07) is 9.05. The molecule has 2 aromatic heterocycles. The highest BCUT2D eigenvalue weighted by molar-refractivity contribution is 7.16. The van der Waals surface area contributed by atoms with Gasteiger partial charge in [0.05, 0.1) is 10.9 Å². The Morgan fingerprint density at radius 3 is 2.89 bits per heavy atom. The second-order valence-electron chi connectivity index (χ2n) is 3.83. The van der Waals surface area contributed by atoms with Gasteiger partial charge in [0.15, 0.2) is 0 Å². The second-order valence-corrected chi connectivity index (χ2v) is 5.63. The van der Waals surface area contributed by atoms with Crippen LogP contribution in [0.25, 0.3) is 0 Å². The number of thiophene rings is 1. The number of aromatic nitrogens is 1. The van der Waals surface area contributed by atoms with Crippen molar-refractivity contribution in [2.45, 2.75) is 13.5 Å². The first-order valence-corrected chi connectivity index (χ1v) is 7.12. The molecule has 2 N–H and O–H groups in total. The number of anilines is 1. The molecule has 0 saturated heterocycles. The molecular formula is C13H14ClN3OS. The van der Waals surface area contributed by atoms with Gasteiger partial charge < -0.3 is 10.6 Å². The highest BCUT2D eigenvalue weighted by Crippen LogP contribution is 2.21. The van der Waals surface area contributed by atoms with Gasteiger partial charge in [0.25, 0.3) is 5.91 Å². The monoisotopic (exact) mass is 295 g/mol. The van der Waals surface area contributed by atoms with Crippen molar-refractivity contribution in [1.29, 1.82) is 0 Å². The summed E-state index contributed by atoms with van der Waals surface area (Å²) in [5.74, 6) is 0.513. The summed E-state index contributed by atoms with van der Waals surface area (Å²) in [6.07, 6.45) is 0. The zero-order valence-electron chi connectivity index (χ0n) is 10.4. The lowest BCUT2D eigenvalue weighted by molar-refractivity contribution is 0.0946. The predicted molar refractivity (Wildman–Crippen MR) is 78.9 cm³/mol. The summed E-state index contributed by atoms with van der Waals surface area (Å²) in [5, 5.41) is 5.89. The molecule has 0 fully saturated rings. The summed E-state index contributed by atoms with van der Waals surface area (Å²) < 4.78 is 0.719. The first-order valence-electron chi connectivity index (χ1n) is 5.92. The van der Waals surface area contributed by atoms with Gasteiger partial charge in [-0.1, -0.05) is 17.7 Å². The largest absolute Gasteiger partial charge is 0.370 e. The highest BCUT2D eigenvalue weighted by Gasteiger charge is 2.08. The average molecular weight is 296 g/mol. The Morgan fingerprint density at radius 1 is 1.37 bits per heavy atom. The van der Waals surface area contributed by atoms with Gasteiger partial charge >= 0.3 is 0 Å². The number of halogens is 1. The minimum atomic E-state index is -0.190. The normalized spacial score (nSPS) is 10.2. The van der Waals surface area contributed by atoms with Crippen molar-refractivity contribution in [3.05, 3.63) is 45.2 Å². The Morgan fingerprint density at radius 2 is 2.21 bits per heavy atom. The van der Waals surface area contributed by atoms with Crippen molar-refractivity contribution in [2.24, 2.45) is 0 Å². The number of carbonyl (C=O) groups excluding carboxylic acids is 1. The molecule has 0 radical (unpaired) electrons. The van der Waals surface area contributed by atoms with Gasteiger partial charge in [-0.15, -0.1) is 11.3 Å². The van der Waals surface area contributed by atoms with Crippen molar-refractivity contribution >= 4 is 34.7 Å². The van der Waals surface area contributed by atoms with Crippen molar-refractivity contribution in [3.63, 3.8) is 0 Å². The molecule has 6 heteroatoms. The van der Waals surface area contributed by atoms with E-state index in [1.54, 1.807) is 6.07 Å². The summed E-state index contributed by atoms with van der Waals surface area (Å²) in [7, 11) is 0. The van der Waals surface area contributed by atoms with Crippen molar-refractivity contribution < 1.29 is 4.79 Å². The molecule has 0 aliphatic heterocycles. The number of rotatable bonds is 5. The molecule has 2 aromatic rings. The van der Waals surface area contributed by atoms with Gasteiger partial charge in [0, 0.05) is 11.4 Å². The SMILES string of the molecule is CCNc1cccc(C(=O)NCc2ccc(Cl)s2)n1. The molecule has 0 atom stereocenters. The second kappa shape index (κ2) is 6.54. The van der Waals surface area contributed by atoms with E-state index >= 15 is 0 Å². The average Bonchev–Trinajstić information content (AvgIpc) is 2.82. The fourth-order valence-corrected chi connectivity index (χ4v) is 2.57. The molecule has 0 unspecified atom stereocenters. The van der Waals surface area contributed by atoms with Gasteiger partial charge in [-0.2, -0.15) is 0 Å². The summed E-state index contributed by atoms with van der Waals surface area (Å²) >= 11 is 7.29. The number of hydrogen-bond donors (Lipinski definition) is 2. The van der Waals surface area contributed by atoms with Crippen LogP contribution >= 0.6 is 22.9 Å². The molecule has 0 aliphatic carbocycles. The molecule has 1 amide bonds. The van der Waals surface area contributed by atoms with E-state index in [9.17, 15) is 4.79 Å². The Balaban J connectivity index is 1.97. The highest BCUT2D eigenvalue weighted by atomic mass is 35.5. The zero-order chi connectivity index (χ0) is 13.7. The van der Waals surface area contributed by atoms with Gasteiger partial charge in [0.1, 0.15) is 11.5 Å². The maximum Gasteiger partial charge on any atom is 0.270 e. The van der Waals surface area contributed by atoms with Crippen molar-refractivity contribution in [3.8, 4) is 0 Å². The number of pyridine rings is 1. The fourth-order valence-electron chi connectivity index (χ4n) is 1.55. The molecule has 0 aromatic carbocycles. The third-order valence-electron chi connectivity index (χ3n) is 2.39. The van der Waals surface area contributed by atoms with E-state index in [1.165, 1.54) is 11.3 Å². The lowest BCUT2D eigenvalue weighted by Crippen LogP contribution is -2.23. The fraction of sp³-hybridized carbons (Fsp3) is 0.231. The Labute approximate surface area is 120 Å². The molecule has 19 heavy (non-hydrogen) atoms. The minimum Gasteiger partial charge on any atom is -0.370 e. The van der Waals surface area contributed by atoms with Gasteiger partial charge in [-0.05, 0) is 31.2 Å². The molecule has 0 aliphatic rings. The van der Waals surface area contributed by atoms with E-state index in [0.717, 1.165) is 15.8 Å². The molecule has 2 heterocycles. The van der Waals surface area contributed by atoms with Crippen molar-refractivity contribution in [2.75, 3.05) is 11.9 Å². The lowest BCUT2D eigenvalue weighted by Gasteiger charge is -2.06. The Bertz CT molecular complexity index is 571. The number of hydrogen-bond acceptors (Lipinski definition) is 4. The van der Waals surface area contributed by atoms with Crippen LogP contribution < -0.4 is 10.6 Å². The van der Waals surface area contributed by atoms with Crippen LogP contribution in [0.5, 0.6) is 0 Å². The van der Waals surface area contributed by atoms with Crippen LogP contribution in [0.15, 0.2) is 30.3 Å². The smallest absolute Gasteiger partial charge is 0.270 e. The van der Waals surface area contributed by atoms with Gasteiger partial charge in [-0.3, -0.25) is 4.79 Å². The maximum atomic E-state index is 12.0. The van der Waals surface area contributed by atoms with Crippen LogP contribution in [0.3, 0.4) is 0 Å². The minimum absolute atomic E-state index is 0.190. The quantitative estimate of drug-likeness (QED) is 0.891. The lowest BCUT2D eigenvalue weighted by atomic mass is 10.3. The summed E-state index contributed by atoms with van der Waals surface area (Å²) in [4.78, 5) is 17.2. The molecule has 0 saturated carbocycles. The Kier molecular flexibility index (Phi) is 4.76. The van der Waals surface area contributed by atoms with Crippen molar-refractivity contribution in [1.82, 2.24) is 10.3 Å². The molecule has 0 spiro atoms. The predicted octanol–water partition coefficient (Wildman–Crippen LogP) is 3.16. The van der Waals surface area contributed by atoms with E-state index in [0.29, 0.717) is 18.1 Å². The standard InChI is InChI=1S/C13H14ClN3OS/c1-2-15-12-5-3-4-10(17-12)13(18)16-8-9-6-7-11(14)19-9/h3-7H,2,8H2,1H3,(H,15,17)(H,16,18). The number of nitrogens with one attached hydrogen (secondary N) is 2. The maximum absolute atomic E-state index is 12.0.